The first-order valence-electron chi connectivity index (χ1n) is 14.3. The van der Waals surface area contributed by atoms with E-state index in [9.17, 15) is 39.0 Å². The highest BCUT2D eigenvalue weighted by molar-refractivity contribution is 6.35. The second-order valence-corrected chi connectivity index (χ2v) is 10.7. The van der Waals surface area contributed by atoms with Crippen molar-refractivity contribution in [1.82, 2.24) is 0 Å². The van der Waals surface area contributed by atoms with Crippen molar-refractivity contribution in [3.05, 3.63) is 143 Å². The SMILES string of the molecule is O=C(Oc1ccc(OC(=O)c2ccc3c(c2)C(=O)N(c2cccc(O)c2)C3=O)cc1)c1ccc2c(c1)C(=O)N(c1cccc(O)c1)C2=O. The highest BCUT2D eigenvalue weighted by Crippen LogP contribution is 2.33. The lowest BCUT2D eigenvalue weighted by Crippen LogP contribution is -2.29. The van der Waals surface area contributed by atoms with Gasteiger partial charge in [-0.3, -0.25) is 19.2 Å². The van der Waals surface area contributed by atoms with Gasteiger partial charge in [0, 0.05) is 12.1 Å². The normalized spacial score (nSPS) is 13.4. The molecule has 12 heteroatoms. The van der Waals surface area contributed by atoms with Crippen LogP contribution in [0.5, 0.6) is 23.0 Å². The van der Waals surface area contributed by atoms with Crippen LogP contribution in [0.4, 0.5) is 11.4 Å². The van der Waals surface area contributed by atoms with Crippen LogP contribution in [0.15, 0.2) is 109 Å². The van der Waals surface area contributed by atoms with Crippen LogP contribution in [0.2, 0.25) is 0 Å². The summed E-state index contributed by atoms with van der Waals surface area (Å²) < 4.78 is 10.8. The number of rotatable bonds is 6. The van der Waals surface area contributed by atoms with Crippen LogP contribution in [0.3, 0.4) is 0 Å². The number of carbonyl (C=O) groups excluding carboxylic acids is 6. The second-order valence-electron chi connectivity index (χ2n) is 10.7. The molecule has 4 amide bonds. The monoisotopic (exact) mass is 640 g/mol. The van der Waals surface area contributed by atoms with Crippen LogP contribution in [0.25, 0.3) is 0 Å². The summed E-state index contributed by atoms with van der Waals surface area (Å²) in [5.74, 6) is -4.18. The number of nitrogens with zero attached hydrogens (tertiary/aromatic N) is 2. The first kappa shape index (κ1) is 29.6. The van der Waals surface area contributed by atoms with Crippen molar-refractivity contribution in [2.75, 3.05) is 9.80 Å². The lowest BCUT2D eigenvalue weighted by molar-refractivity contribution is 0.0719. The largest absolute Gasteiger partial charge is 0.508 e. The molecule has 0 unspecified atom stereocenters. The lowest BCUT2D eigenvalue weighted by Gasteiger charge is -2.13. The Morgan fingerprint density at radius 3 is 1.21 bits per heavy atom. The minimum atomic E-state index is -0.810. The molecule has 5 aromatic rings. The number of phenols is 2. The zero-order chi connectivity index (χ0) is 33.7. The Labute approximate surface area is 270 Å². The molecule has 234 valence electrons. The lowest BCUT2D eigenvalue weighted by atomic mass is 10.1. The molecule has 0 bridgehead atoms. The molecule has 0 atom stereocenters. The quantitative estimate of drug-likeness (QED) is 0.144. The highest BCUT2D eigenvalue weighted by Gasteiger charge is 2.38. The summed E-state index contributed by atoms with van der Waals surface area (Å²) in [6.45, 7) is 0. The molecule has 48 heavy (non-hydrogen) atoms. The third-order valence-corrected chi connectivity index (χ3v) is 7.67. The number of anilines is 2. The number of imide groups is 2. The molecule has 2 heterocycles. The Kier molecular flexibility index (Phi) is 7.02. The maximum atomic E-state index is 13.0. The molecule has 0 aromatic heterocycles. The number of ether oxygens (including phenoxy) is 2. The fraction of sp³-hybridized carbons (Fsp3) is 0. The molecule has 12 nitrogen and oxygen atoms in total. The first-order chi connectivity index (χ1) is 23.1. The number of fused-ring (bicyclic) bond motifs is 2. The van der Waals surface area contributed by atoms with E-state index in [-0.39, 0.29) is 67.8 Å². The van der Waals surface area contributed by atoms with Gasteiger partial charge in [0.2, 0.25) is 0 Å². The van der Waals surface area contributed by atoms with Crippen LogP contribution >= 0.6 is 0 Å². The van der Waals surface area contributed by atoms with E-state index in [1.165, 1.54) is 109 Å². The van der Waals surface area contributed by atoms with E-state index in [4.69, 9.17) is 9.47 Å². The van der Waals surface area contributed by atoms with Gasteiger partial charge in [-0.1, -0.05) is 12.1 Å². The minimum absolute atomic E-state index is 0.00439. The van der Waals surface area contributed by atoms with Gasteiger partial charge in [-0.15, -0.1) is 0 Å². The van der Waals surface area contributed by atoms with Crippen molar-refractivity contribution in [3.63, 3.8) is 0 Å². The van der Waals surface area contributed by atoms with Crippen molar-refractivity contribution in [2.24, 2.45) is 0 Å². The predicted octanol–water partition coefficient (Wildman–Crippen LogP) is 5.14. The Hall–Kier alpha value is -7.08. The van der Waals surface area contributed by atoms with E-state index < -0.39 is 35.6 Å². The molecule has 0 spiro atoms. The number of aromatic hydroxyl groups is 2. The maximum absolute atomic E-state index is 13.0. The molecular weight excluding hydrogens is 620 g/mol. The molecule has 5 aromatic carbocycles. The van der Waals surface area contributed by atoms with Gasteiger partial charge in [-0.05, 0) is 84.9 Å². The van der Waals surface area contributed by atoms with Crippen molar-refractivity contribution < 1.29 is 48.5 Å². The number of esters is 2. The number of hydrogen-bond donors (Lipinski definition) is 2. The molecule has 2 aliphatic heterocycles. The number of benzene rings is 5. The fourth-order valence-corrected chi connectivity index (χ4v) is 5.38. The summed E-state index contributed by atoms with van der Waals surface area (Å²) in [6.07, 6.45) is 0. The van der Waals surface area contributed by atoms with Gasteiger partial charge in [0.1, 0.15) is 23.0 Å². The number of hydrogen-bond acceptors (Lipinski definition) is 10. The summed E-state index contributed by atoms with van der Waals surface area (Å²) in [5, 5.41) is 19.5. The number of amides is 4. The standard InChI is InChI=1S/C36H20N2O10/c39-23-5-1-3-21(17-23)37-31(41)27-13-7-19(15-29(27)33(37)43)35(45)47-25-9-11-26(12-10-25)48-36(46)20-8-14-28-30(16-20)34(44)38(32(28)42)22-4-2-6-24(40)18-22/h1-18,39-40H. The van der Waals surface area contributed by atoms with Gasteiger partial charge < -0.3 is 19.7 Å². The topological polar surface area (TPSA) is 168 Å². The Bertz CT molecular complexity index is 2080. The van der Waals surface area contributed by atoms with Gasteiger partial charge in [-0.2, -0.15) is 0 Å². The molecule has 7 rings (SSSR count). The van der Waals surface area contributed by atoms with Crippen molar-refractivity contribution in [2.45, 2.75) is 0 Å². The smallest absolute Gasteiger partial charge is 0.343 e. The Morgan fingerprint density at radius 1 is 0.458 bits per heavy atom. The van der Waals surface area contributed by atoms with Crippen molar-refractivity contribution in [1.29, 1.82) is 0 Å². The number of phenolic OH excluding ortho intramolecular Hbond substituents is 2. The van der Waals surface area contributed by atoms with Crippen LogP contribution in [-0.4, -0.2) is 45.8 Å². The zero-order valence-corrected chi connectivity index (χ0v) is 24.4. The van der Waals surface area contributed by atoms with Crippen LogP contribution in [0.1, 0.15) is 62.1 Å². The Morgan fingerprint density at radius 2 is 0.833 bits per heavy atom. The summed E-state index contributed by atoms with van der Waals surface area (Å²) in [5.41, 5.74) is 0.587. The number of carbonyl (C=O) groups is 6. The van der Waals surface area contributed by atoms with Gasteiger partial charge >= 0.3 is 11.9 Å². The van der Waals surface area contributed by atoms with Gasteiger partial charge in [0.25, 0.3) is 23.6 Å². The second kappa shape index (κ2) is 11.4. The predicted molar refractivity (Wildman–Crippen MR) is 168 cm³/mol. The summed E-state index contributed by atoms with van der Waals surface area (Å²) in [7, 11) is 0. The van der Waals surface area contributed by atoms with Crippen LogP contribution in [0, 0.1) is 0 Å². The van der Waals surface area contributed by atoms with E-state index in [0.29, 0.717) is 0 Å². The summed E-state index contributed by atoms with van der Waals surface area (Å²) in [6, 6.07) is 24.8. The van der Waals surface area contributed by atoms with Gasteiger partial charge in [-0.25, -0.2) is 19.4 Å². The third kappa shape index (κ3) is 5.08. The van der Waals surface area contributed by atoms with E-state index in [1.54, 1.807) is 0 Å². The zero-order valence-electron chi connectivity index (χ0n) is 24.4. The third-order valence-electron chi connectivity index (χ3n) is 7.67. The molecule has 0 aliphatic carbocycles. The van der Waals surface area contributed by atoms with Crippen molar-refractivity contribution >= 4 is 46.9 Å². The van der Waals surface area contributed by atoms with E-state index in [2.05, 4.69) is 0 Å². The summed E-state index contributed by atoms with van der Waals surface area (Å²) >= 11 is 0. The highest BCUT2D eigenvalue weighted by atomic mass is 16.5. The fourth-order valence-electron chi connectivity index (χ4n) is 5.38. The van der Waals surface area contributed by atoms with Crippen molar-refractivity contribution in [3.8, 4) is 23.0 Å². The van der Waals surface area contributed by atoms with E-state index in [1.807, 2.05) is 0 Å². The van der Waals surface area contributed by atoms with E-state index >= 15 is 0 Å². The molecule has 0 fully saturated rings. The minimum Gasteiger partial charge on any atom is -0.508 e. The first-order valence-corrected chi connectivity index (χ1v) is 14.3. The van der Waals surface area contributed by atoms with Gasteiger partial charge in [0.15, 0.2) is 0 Å². The van der Waals surface area contributed by atoms with Crippen LogP contribution < -0.4 is 19.3 Å². The van der Waals surface area contributed by atoms with E-state index in [0.717, 1.165) is 9.80 Å². The average Bonchev–Trinajstić information content (AvgIpc) is 3.48. The molecular formula is C36H20N2O10. The molecule has 0 saturated heterocycles. The molecule has 0 saturated carbocycles. The molecule has 2 aliphatic rings. The average molecular weight is 641 g/mol. The maximum Gasteiger partial charge on any atom is 0.343 e. The van der Waals surface area contributed by atoms with Crippen LogP contribution in [-0.2, 0) is 0 Å². The Balaban J connectivity index is 1.02. The van der Waals surface area contributed by atoms with Gasteiger partial charge in [0.05, 0.1) is 44.8 Å². The molecule has 0 radical (unpaired) electrons. The summed E-state index contributed by atoms with van der Waals surface area (Å²) in [4.78, 5) is 79.5. The molecule has 2 N–H and O–H groups in total.